The van der Waals surface area contributed by atoms with E-state index in [4.69, 9.17) is 9.47 Å². The molecule has 1 rings (SSSR count). The van der Waals surface area contributed by atoms with Crippen LogP contribution in [0.1, 0.15) is 33.1 Å². The molecule has 4 heteroatoms. The summed E-state index contributed by atoms with van der Waals surface area (Å²) in [6, 6.07) is 0. The van der Waals surface area contributed by atoms with E-state index < -0.39 is 0 Å². The Kier molecular flexibility index (Phi) is 7.28. The van der Waals surface area contributed by atoms with Crippen molar-refractivity contribution in [1.29, 1.82) is 0 Å². The van der Waals surface area contributed by atoms with E-state index in [0.717, 1.165) is 39.1 Å². The fraction of sp³-hybridized carbons (Fsp3) is 0.929. The van der Waals surface area contributed by atoms with Gasteiger partial charge in [0, 0.05) is 39.8 Å². The molecule has 1 aliphatic rings. The number of amides is 1. The molecule has 0 aromatic rings. The molecule has 18 heavy (non-hydrogen) atoms. The zero-order chi connectivity index (χ0) is 13.4. The van der Waals surface area contributed by atoms with Crippen LogP contribution in [0.25, 0.3) is 0 Å². The molecule has 1 atom stereocenters. The predicted molar refractivity (Wildman–Crippen MR) is 71.5 cm³/mol. The van der Waals surface area contributed by atoms with Gasteiger partial charge < -0.3 is 14.4 Å². The Labute approximate surface area is 111 Å². The standard InChI is InChI=1S/C14H27NO3/c1-4-15(10-12(2)11-17-3)14(16)9-13-5-7-18-8-6-13/h12-13H,4-11H2,1-3H3. The summed E-state index contributed by atoms with van der Waals surface area (Å²) in [4.78, 5) is 14.2. The molecule has 0 radical (unpaired) electrons. The van der Waals surface area contributed by atoms with E-state index in [1.165, 1.54) is 0 Å². The van der Waals surface area contributed by atoms with E-state index in [2.05, 4.69) is 6.92 Å². The lowest BCUT2D eigenvalue weighted by molar-refractivity contribution is -0.133. The first-order chi connectivity index (χ1) is 8.67. The van der Waals surface area contributed by atoms with Gasteiger partial charge in [-0.15, -0.1) is 0 Å². The molecule has 1 unspecified atom stereocenters. The van der Waals surface area contributed by atoms with Crippen LogP contribution in [0.15, 0.2) is 0 Å². The van der Waals surface area contributed by atoms with Crippen molar-refractivity contribution in [3.05, 3.63) is 0 Å². The van der Waals surface area contributed by atoms with Crippen LogP contribution < -0.4 is 0 Å². The van der Waals surface area contributed by atoms with E-state index in [-0.39, 0.29) is 5.91 Å². The largest absolute Gasteiger partial charge is 0.384 e. The quantitative estimate of drug-likeness (QED) is 0.699. The number of carbonyl (C=O) groups excluding carboxylic acids is 1. The van der Waals surface area contributed by atoms with Crippen LogP contribution in [0.4, 0.5) is 0 Å². The molecule has 0 aromatic carbocycles. The van der Waals surface area contributed by atoms with E-state index in [1.54, 1.807) is 7.11 Å². The summed E-state index contributed by atoms with van der Waals surface area (Å²) in [6.45, 7) is 8.08. The normalized spacial score (nSPS) is 18.6. The molecule has 0 saturated carbocycles. The molecular formula is C14H27NO3. The number of methoxy groups -OCH3 is 1. The summed E-state index contributed by atoms with van der Waals surface area (Å²) in [6.07, 6.45) is 2.73. The van der Waals surface area contributed by atoms with Crippen molar-refractivity contribution in [2.24, 2.45) is 11.8 Å². The minimum absolute atomic E-state index is 0.285. The number of hydrogen-bond acceptors (Lipinski definition) is 3. The van der Waals surface area contributed by atoms with Gasteiger partial charge >= 0.3 is 0 Å². The van der Waals surface area contributed by atoms with Crippen molar-refractivity contribution in [3.8, 4) is 0 Å². The monoisotopic (exact) mass is 257 g/mol. The van der Waals surface area contributed by atoms with Crippen LogP contribution in [0.5, 0.6) is 0 Å². The molecule has 1 saturated heterocycles. The van der Waals surface area contributed by atoms with Crippen molar-refractivity contribution < 1.29 is 14.3 Å². The Hall–Kier alpha value is -0.610. The first-order valence-corrected chi connectivity index (χ1v) is 7.01. The molecule has 106 valence electrons. The highest BCUT2D eigenvalue weighted by atomic mass is 16.5. The van der Waals surface area contributed by atoms with Gasteiger partial charge in [0.1, 0.15) is 0 Å². The van der Waals surface area contributed by atoms with Crippen molar-refractivity contribution in [2.75, 3.05) is 40.0 Å². The summed E-state index contributed by atoms with van der Waals surface area (Å²) in [5.74, 6) is 1.19. The minimum Gasteiger partial charge on any atom is -0.384 e. The molecule has 0 bridgehead atoms. The lowest BCUT2D eigenvalue weighted by Crippen LogP contribution is -2.37. The average molecular weight is 257 g/mol. The van der Waals surface area contributed by atoms with Crippen LogP contribution >= 0.6 is 0 Å². The van der Waals surface area contributed by atoms with Gasteiger partial charge in [0.25, 0.3) is 0 Å². The van der Waals surface area contributed by atoms with Gasteiger partial charge in [-0.1, -0.05) is 6.92 Å². The van der Waals surface area contributed by atoms with Crippen molar-refractivity contribution in [3.63, 3.8) is 0 Å². The third kappa shape index (κ3) is 5.36. The lowest BCUT2D eigenvalue weighted by Gasteiger charge is -2.28. The maximum Gasteiger partial charge on any atom is 0.222 e. The topological polar surface area (TPSA) is 38.8 Å². The number of ether oxygens (including phenoxy) is 2. The Bertz CT molecular complexity index is 239. The molecule has 0 N–H and O–H groups in total. The smallest absolute Gasteiger partial charge is 0.222 e. The number of rotatable bonds is 7. The van der Waals surface area contributed by atoms with Crippen molar-refractivity contribution >= 4 is 5.91 Å². The zero-order valence-electron chi connectivity index (χ0n) is 12.0. The van der Waals surface area contributed by atoms with Crippen LogP contribution in [0, 0.1) is 11.8 Å². The SMILES string of the molecule is CCN(CC(C)COC)C(=O)CC1CCOCC1. The van der Waals surface area contributed by atoms with Gasteiger partial charge in [0.05, 0.1) is 6.61 Å². The van der Waals surface area contributed by atoms with Crippen LogP contribution in [-0.4, -0.2) is 50.8 Å². The van der Waals surface area contributed by atoms with Gasteiger partial charge in [0.15, 0.2) is 0 Å². The van der Waals surface area contributed by atoms with E-state index in [9.17, 15) is 4.79 Å². The molecule has 1 amide bonds. The summed E-state index contributed by atoms with van der Waals surface area (Å²) in [5, 5.41) is 0. The van der Waals surface area contributed by atoms with Crippen molar-refractivity contribution in [1.82, 2.24) is 4.90 Å². The third-order valence-corrected chi connectivity index (χ3v) is 3.52. The summed E-state index contributed by atoms with van der Waals surface area (Å²) in [5.41, 5.74) is 0. The van der Waals surface area contributed by atoms with Gasteiger partial charge in [-0.2, -0.15) is 0 Å². The number of carbonyl (C=O) groups is 1. The Morgan fingerprint density at radius 1 is 1.44 bits per heavy atom. The first-order valence-electron chi connectivity index (χ1n) is 7.01. The number of nitrogens with zero attached hydrogens (tertiary/aromatic N) is 1. The molecule has 1 heterocycles. The predicted octanol–water partition coefficient (Wildman–Crippen LogP) is 1.93. The fourth-order valence-corrected chi connectivity index (χ4v) is 2.45. The van der Waals surface area contributed by atoms with Gasteiger partial charge in [0.2, 0.25) is 5.91 Å². The summed E-state index contributed by atoms with van der Waals surface area (Å²) < 4.78 is 10.4. The second-order valence-electron chi connectivity index (χ2n) is 5.25. The highest BCUT2D eigenvalue weighted by Gasteiger charge is 2.21. The summed E-state index contributed by atoms with van der Waals surface area (Å²) in [7, 11) is 1.70. The minimum atomic E-state index is 0.285. The van der Waals surface area contributed by atoms with Gasteiger partial charge in [-0.3, -0.25) is 4.79 Å². The molecular weight excluding hydrogens is 230 g/mol. The van der Waals surface area contributed by atoms with Crippen LogP contribution in [0.2, 0.25) is 0 Å². The molecule has 4 nitrogen and oxygen atoms in total. The Morgan fingerprint density at radius 3 is 2.67 bits per heavy atom. The van der Waals surface area contributed by atoms with Crippen LogP contribution in [0.3, 0.4) is 0 Å². The zero-order valence-corrected chi connectivity index (χ0v) is 12.0. The highest BCUT2D eigenvalue weighted by molar-refractivity contribution is 5.76. The summed E-state index contributed by atoms with van der Waals surface area (Å²) >= 11 is 0. The van der Waals surface area contributed by atoms with Crippen LogP contribution in [-0.2, 0) is 14.3 Å². The maximum atomic E-state index is 12.2. The van der Waals surface area contributed by atoms with E-state index in [0.29, 0.717) is 24.9 Å². The second-order valence-corrected chi connectivity index (χ2v) is 5.25. The Balaban J connectivity index is 2.35. The third-order valence-electron chi connectivity index (χ3n) is 3.52. The molecule has 1 aliphatic heterocycles. The second kappa shape index (κ2) is 8.48. The number of hydrogen-bond donors (Lipinski definition) is 0. The molecule has 0 aliphatic carbocycles. The molecule has 0 aromatic heterocycles. The van der Waals surface area contributed by atoms with E-state index >= 15 is 0 Å². The average Bonchev–Trinajstić information content (AvgIpc) is 2.37. The molecule has 0 spiro atoms. The lowest BCUT2D eigenvalue weighted by atomic mass is 9.96. The highest BCUT2D eigenvalue weighted by Crippen LogP contribution is 2.19. The van der Waals surface area contributed by atoms with E-state index in [1.807, 2.05) is 11.8 Å². The first kappa shape index (κ1) is 15.4. The fourth-order valence-electron chi connectivity index (χ4n) is 2.45. The van der Waals surface area contributed by atoms with Gasteiger partial charge in [-0.25, -0.2) is 0 Å². The Morgan fingerprint density at radius 2 is 2.11 bits per heavy atom. The maximum absolute atomic E-state index is 12.2. The van der Waals surface area contributed by atoms with Crippen molar-refractivity contribution in [2.45, 2.75) is 33.1 Å². The molecule has 1 fully saturated rings. The van der Waals surface area contributed by atoms with Gasteiger partial charge in [-0.05, 0) is 31.6 Å².